The van der Waals surface area contributed by atoms with E-state index < -0.39 is 0 Å². The molecule has 108 valence electrons. The molecule has 0 unspecified atom stereocenters. The van der Waals surface area contributed by atoms with Crippen LogP contribution in [0, 0.1) is 0 Å². The van der Waals surface area contributed by atoms with Crippen LogP contribution in [-0.4, -0.2) is 0 Å². The summed E-state index contributed by atoms with van der Waals surface area (Å²) in [6, 6.07) is 27.6. The Morgan fingerprint density at radius 1 is 0.652 bits per heavy atom. The van der Waals surface area contributed by atoms with Crippen molar-refractivity contribution >= 4 is 11.0 Å². The fourth-order valence-electron chi connectivity index (χ4n) is 3.63. The Balaban J connectivity index is 1.96. The average Bonchev–Trinajstić information content (AvgIpc) is 2.98. The van der Waals surface area contributed by atoms with Crippen LogP contribution in [0.3, 0.4) is 0 Å². The number of benzene rings is 3. The van der Waals surface area contributed by atoms with E-state index in [1.165, 1.54) is 33.2 Å². The largest absolute Gasteiger partial charge is 0.360 e. The summed E-state index contributed by atoms with van der Waals surface area (Å²) in [5.41, 5.74) is 7.39. The summed E-state index contributed by atoms with van der Waals surface area (Å²) in [5.74, 6) is 1.07. The van der Waals surface area contributed by atoms with Crippen LogP contribution in [0.25, 0.3) is 33.2 Å². The molecule has 1 heteroatoms. The molecule has 23 heavy (non-hydrogen) atoms. The Hall–Kier alpha value is -2.93. The van der Waals surface area contributed by atoms with Gasteiger partial charge in [-0.25, -0.2) is 4.42 Å². The van der Waals surface area contributed by atoms with Gasteiger partial charge < -0.3 is 0 Å². The molecule has 1 heterocycles. The third kappa shape index (κ3) is 1.83. The lowest BCUT2D eigenvalue weighted by Gasteiger charge is -2.08. The molecule has 0 fully saturated rings. The van der Waals surface area contributed by atoms with Crippen molar-refractivity contribution < 1.29 is 4.42 Å². The summed E-state index contributed by atoms with van der Waals surface area (Å²) in [6.07, 6.45) is 0.871. The lowest BCUT2D eigenvalue weighted by Crippen LogP contribution is -1.89. The third-order valence-corrected chi connectivity index (χ3v) is 4.62. The molecule has 0 radical (unpaired) electrons. The lowest BCUT2D eigenvalue weighted by atomic mass is 9.93. The van der Waals surface area contributed by atoms with Crippen molar-refractivity contribution in [3.8, 4) is 22.3 Å². The molecule has 0 atom stereocenters. The smallest absolute Gasteiger partial charge is 0.211 e. The number of rotatable bonds is 1. The van der Waals surface area contributed by atoms with Crippen LogP contribution in [0.4, 0.5) is 0 Å². The molecule has 0 spiro atoms. The highest BCUT2D eigenvalue weighted by Crippen LogP contribution is 2.46. The van der Waals surface area contributed by atoms with Crippen molar-refractivity contribution in [2.45, 2.75) is 6.42 Å². The second-order valence-corrected chi connectivity index (χ2v) is 5.97. The van der Waals surface area contributed by atoms with Crippen molar-refractivity contribution in [2.75, 3.05) is 0 Å². The van der Waals surface area contributed by atoms with Gasteiger partial charge in [-0.1, -0.05) is 66.7 Å². The highest BCUT2D eigenvalue weighted by Gasteiger charge is 2.33. The summed E-state index contributed by atoms with van der Waals surface area (Å²) >= 11 is 0. The first-order valence-electron chi connectivity index (χ1n) is 7.93. The summed E-state index contributed by atoms with van der Waals surface area (Å²) in [5, 5.41) is 1.18. The van der Waals surface area contributed by atoms with E-state index in [9.17, 15) is 0 Å². The van der Waals surface area contributed by atoms with Crippen molar-refractivity contribution in [1.82, 2.24) is 0 Å². The molecule has 4 aromatic rings. The molecule has 0 amide bonds. The van der Waals surface area contributed by atoms with E-state index in [0.717, 1.165) is 17.8 Å². The Kier molecular flexibility index (Phi) is 2.62. The first-order valence-corrected chi connectivity index (χ1v) is 7.93. The van der Waals surface area contributed by atoms with E-state index >= 15 is 0 Å². The standard InChI is InChI=1S/C22H15O/c1-2-8-15(9-3-1)21-18-12-6-7-13-19(18)23-20-14-16-10-4-5-11-17(16)22(20)21/h1-13H,14H2/q+1. The Labute approximate surface area is 134 Å². The molecule has 0 N–H and O–H groups in total. The minimum atomic E-state index is 0.871. The SMILES string of the molecule is c1ccc(-c2c3c([o+]c4ccccc24)Cc2ccccc2-3)cc1. The van der Waals surface area contributed by atoms with E-state index in [1.807, 2.05) is 6.07 Å². The van der Waals surface area contributed by atoms with E-state index in [0.29, 0.717) is 0 Å². The predicted octanol–water partition coefficient (Wildman–Crippen LogP) is 5.95. The maximum Gasteiger partial charge on any atom is 0.360 e. The van der Waals surface area contributed by atoms with E-state index in [-0.39, 0.29) is 0 Å². The van der Waals surface area contributed by atoms with Gasteiger partial charge in [0.1, 0.15) is 0 Å². The van der Waals surface area contributed by atoms with Crippen molar-refractivity contribution in [2.24, 2.45) is 0 Å². The maximum atomic E-state index is 6.25. The van der Waals surface area contributed by atoms with Gasteiger partial charge >= 0.3 is 11.3 Å². The first kappa shape index (κ1) is 12.6. The van der Waals surface area contributed by atoms with Gasteiger partial charge in [0.15, 0.2) is 0 Å². The summed E-state index contributed by atoms with van der Waals surface area (Å²) in [6.45, 7) is 0. The Morgan fingerprint density at radius 2 is 1.39 bits per heavy atom. The topological polar surface area (TPSA) is 11.3 Å². The highest BCUT2D eigenvalue weighted by molar-refractivity contribution is 6.03. The van der Waals surface area contributed by atoms with Crippen molar-refractivity contribution in [3.05, 3.63) is 90.2 Å². The lowest BCUT2D eigenvalue weighted by molar-refractivity contribution is 0.558. The number of hydrogen-bond acceptors (Lipinski definition) is 0. The molecule has 0 saturated carbocycles. The molecule has 0 aliphatic heterocycles. The molecule has 1 aliphatic rings. The zero-order valence-electron chi connectivity index (χ0n) is 12.6. The molecular weight excluding hydrogens is 280 g/mol. The second-order valence-electron chi connectivity index (χ2n) is 5.97. The first-order chi connectivity index (χ1) is 11.4. The minimum absolute atomic E-state index is 0.871. The summed E-state index contributed by atoms with van der Waals surface area (Å²) in [7, 11) is 0. The normalized spacial score (nSPS) is 12.2. The van der Waals surface area contributed by atoms with E-state index in [1.54, 1.807) is 0 Å². The van der Waals surface area contributed by atoms with Crippen LogP contribution >= 0.6 is 0 Å². The van der Waals surface area contributed by atoms with Gasteiger partial charge in [-0.05, 0) is 22.8 Å². The molecule has 1 aliphatic carbocycles. The molecule has 0 bridgehead atoms. The van der Waals surface area contributed by atoms with Gasteiger partial charge in [-0.2, -0.15) is 0 Å². The van der Waals surface area contributed by atoms with Crippen LogP contribution in [0.5, 0.6) is 0 Å². The number of fused-ring (bicyclic) bond motifs is 4. The fraction of sp³-hybridized carbons (Fsp3) is 0.0455. The molecule has 1 aromatic heterocycles. The van der Waals surface area contributed by atoms with Crippen molar-refractivity contribution in [3.63, 3.8) is 0 Å². The molecule has 0 saturated heterocycles. The van der Waals surface area contributed by atoms with Gasteiger partial charge in [0.2, 0.25) is 0 Å². The molecule has 3 aromatic carbocycles. The average molecular weight is 295 g/mol. The van der Waals surface area contributed by atoms with E-state index in [2.05, 4.69) is 72.8 Å². The van der Waals surface area contributed by atoms with Gasteiger partial charge in [0, 0.05) is 11.6 Å². The molecule has 1 nitrogen and oxygen atoms in total. The Bertz CT molecular complexity index is 1030. The van der Waals surface area contributed by atoms with Crippen LogP contribution in [0.2, 0.25) is 0 Å². The Morgan fingerprint density at radius 3 is 2.30 bits per heavy atom. The monoisotopic (exact) mass is 295 g/mol. The van der Waals surface area contributed by atoms with Crippen LogP contribution in [0.1, 0.15) is 11.3 Å². The number of hydrogen-bond donors (Lipinski definition) is 0. The predicted molar refractivity (Wildman–Crippen MR) is 94.3 cm³/mol. The number of para-hydroxylation sites is 1. The zero-order chi connectivity index (χ0) is 15.2. The van der Waals surface area contributed by atoms with Crippen LogP contribution < -0.4 is 0 Å². The van der Waals surface area contributed by atoms with Crippen LogP contribution in [0.15, 0.2) is 83.3 Å². The van der Waals surface area contributed by atoms with Gasteiger partial charge in [0.05, 0.1) is 17.4 Å². The quantitative estimate of drug-likeness (QED) is 0.348. The molecule has 5 rings (SSSR count). The third-order valence-electron chi connectivity index (χ3n) is 4.62. The highest BCUT2D eigenvalue weighted by atomic mass is 16.3. The van der Waals surface area contributed by atoms with Gasteiger partial charge in [-0.15, -0.1) is 0 Å². The molecular formula is C22H15O+. The minimum Gasteiger partial charge on any atom is -0.211 e. The second kappa shape index (κ2) is 4.79. The summed E-state index contributed by atoms with van der Waals surface area (Å²) < 4.78 is 6.25. The maximum absolute atomic E-state index is 6.25. The fourth-order valence-corrected chi connectivity index (χ4v) is 3.63. The van der Waals surface area contributed by atoms with Crippen LogP contribution in [-0.2, 0) is 6.42 Å². The van der Waals surface area contributed by atoms with Gasteiger partial charge in [0.25, 0.3) is 0 Å². The van der Waals surface area contributed by atoms with E-state index in [4.69, 9.17) is 4.42 Å². The zero-order valence-corrected chi connectivity index (χ0v) is 12.6. The summed E-state index contributed by atoms with van der Waals surface area (Å²) in [4.78, 5) is 0. The van der Waals surface area contributed by atoms with Crippen molar-refractivity contribution in [1.29, 1.82) is 0 Å². The van der Waals surface area contributed by atoms with Gasteiger partial charge in [-0.3, -0.25) is 0 Å².